The number of nitrogens with zero attached hydrogens (tertiary/aromatic N) is 6. The maximum Gasteiger partial charge on any atom is 0.290 e. The number of hydrogen-bond donors (Lipinski definition) is 2. The molecule has 1 saturated carbocycles. The minimum atomic E-state index is -0.250. The molecule has 3 aromatic carbocycles. The summed E-state index contributed by atoms with van der Waals surface area (Å²) in [5, 5.41) is 26.0. The molecule has 0 spiro atoms. The molecule has 2 aliphatic rings. The van der Waals surface area contributed by atoms with Crippen LogP contribution in [0.15, 0.2) is 65.8 Å². The second kappa shape index (κ2) is 26.0. The van der Waals surface area contributed by atoms with E-state index in [4.69, 9.17) is 38.9 Å². The largest absolute Gasteiger partial charge is 0.496 e. The van der Waals surface area contributed by atoms with E-state index in [1.165, 1.54) is 51.4 Å². The van der Waals surface area contributed by atoms with E-state index in [1.807, 2.05) is 63.5 Å². The van der Waals surface area contributed by atoms with Crippen LogP contribution in [0, 0.1) is 24.2 Å². The molecule has 13 heteroatoms. The number of aliphatic imine (C=N–C) groups is 1. The molecule has 7 rings (SSSR count). The summed E-state index contributed by atoms with van der Waals surface area (Å²) in [6.45, 7) is 15.5. The van der Waals surface area contributed by atoms with Gasteiger partial charge in [0, 0.05) is 43.8 Å². The van der Waals surface area contributed by atoms with Gasteiger partial charge >= 0.3 is 0 Å². The van der Waals surface area contributed by atoms with Gasteiger partial charge in [-0.2, -0.15) is 15.3 Å². The van der Waals surface area contributed by atoms with Crippen molar-refractivity contribution in [3.63, 3.8) is 0 Å². The molecule has 3 heterocycles. The van der Waals surface area contributed by atoms with Gasteiger partial charge < -0.3 is 29.4 Å². The van der Waals surface area contributed by atoms with Gasteiger partial charge in [0.05, 0.1) is 37.1 Å². The Hall–Kier alpha value is -5.81. The third kappa shape index (κ3) is 12.9. The van der Waals surface area contributed by atoms with Crippen LogP contribution in [-0.4, -0.2) is 85.5 Å². The maximum absolute atomic E-state index is 10.2. The Morgan fingerprint density at radius 1 is 1.05 bits per heavy atom. The smallest absolute Gasteiger partial charge is 0.290 e. The fourth-order valence-corrected chi connectivity index (χ4v) is 8.28. The highest BCUT2D eigenvalue weighted by Gasteiger charge is 2.24. The molecule has 2 aromatic heterocycles. The summed E-state index contributed by atoms with van der Waals surface area (Å²) in [7, 11) is 7.30. The zero-order valence-corrected chi connectivity index (χ0v) is 38.6. The number of nitrogens with one attached hydrogen (secondary N) is 1. The van der Waals surface area contributed by atoms with Gasteiger partial charge in [0.1, 0.15) is 24.1 Å². The second-order valence-electron chi connectivity index (χ2n) is 15.4. The summed E-state index contributed by atoms with van der Waals surface area (Å²) in [5.41, 5.74) is 8.01. The Kier molecular flexibility index (Phi) is 20.5. The van der Waals surface area contributed by atoms with Crippen molar-refractivity contribution in [2.24, 2.45) is 10.9 Å². The van der Waals surface area contributed by atoms with E-state index in [0.717, 1.165) is 70.0 Å². The lowest BCUT2D eigenvalue weighted by Gasteiger charge is -2.34. The SMILES string of the molecule is C1CCOCC1.C=Nc1cc(CN(C)C2CCC(CC)CC2)cc(C#N)c1OCc1cccc(-c2cccc3c2cnn3-c2cc(OC)c(CNC)c(OC)n2)c1C.CC.O=CO. The number of rotatable bonds is 14. The number of pyridine rings is 1. The third-order valence-electron chi connectivity index (χ3n) is 11.7. The predicted octanol–water partition coefficient (Wildman–Crippen LogP) is 10.2. The van der Waals surface area contributed by atoms with Gasteiger partial charge in [-0.3, -0.25) is 14.7 Å². The summed E-state index contributed by atoms with van der Waals surface area (Å²) in [6, 6.07) is 21.1. The van der Waals surface area contributed by atoms with Crippen molar-refractivity contribution in [1.82, 2.24) is 25.0 Å². The first kappa shape index (κ1) is 49.8. The highest BCUT2D eigenvalue weighted by molar-refractivity contribution is 5.96. The van der Waals surface area contributed by atoms with Gasteiger partial charge in [-0.05, 0) is 125 Å². The summed E-state index contributed by atoms with van der Waals surface area (Å²) in [4.78, 5) is 19.9. The van der Waals surface area contributed by atoms with Crippen LogP contribution >= 0.6 is 0 Å². The Balaban J connectivity index is 0.000000704. The Morgan fingerprint density at radius 2 is 1.75 bits per heavy atom. The van der Waals surface area contributed by atoms with E-state index in [9.17, 15) is 5.26 Å². The van der Waals surface area contributed by atoms with Crippen molar-refractivity contribution in [2.45, 2.75) is 105 Å². The van der Waals surface area contributed by atoms with E-state index in [1.54, 1.807) is 18.9 Å². The van der Waals surface area contributed by atoms with E-state index in [2.05, 4.69) is 67.1 Å². The number of methoxy groups -OCH3 is 2. The molecule has 1 saturated heterocycles. The van der Waals surface area contributed by atoms with Crippen LogP contribution in [-0.2, 0) is 29.2 Å². The summed E-state index contributed by atoms with van der Waals surface area (Å²) >= 11 is 0. The van der Waals surface area contributed by atoms with Gasteiger partial charge in [-0.1, -0.05) is 57.5 Å². The van der Waals surface area contributed by atoms with E-state index < -0.39 is 0 Å². The van der Waals surface area contributed by atoms with Crippen molar-refractivity contribution in [3.05, 3.63) is 88.6 Å². The van der Waals surface area contributed by atoms with E-state index in [0.29, 0.717) is 47.0 Å². The van der Waals surface area contributed by atoms with Gasteiger partial charge in [-0.15, -0.1) is 0 Å². The Labute approximate surface area is 374 Å². The van der Waals surface area contributed by atoms with E-state index >= 15 is 0 Å². The maximum atomic E-state index is 10.2. The Morgan fingerprint density at radius 3 is 2.33 bits per heavy atom. The quantitative estimate of drug-likeness (QED) is 0.0809. The van der Waals surface area contributed by atoms with Crippen LogP contribution in [0.25, 0.3) is 27.8 Å². The zero-order valence-electron chi connectivity index (χ0n) is 38.6. The highest BCUT2D eigenvalue weighted by atomic mass is 16.5. The van der Waals surface area contributed by atoms with Gasteiger partial charge in [0.15, 0.2) is 11.6 Å². The lowest BCUT2D eigenvalue weighted by atomic mass is 9.84. The fraction of sp³-hybridized carbons (Fsp3) is 0.460. The summed E-state index contributed by atoms with van der Waals surface area (Å²) in [6.07, 6.45) is 12.1. The Bertz CT molecular complexity index is 2220. The molecule has 0 amide bonds. The average molecular weight is 862 g/mol. The molecular weight excluding hydrogens is 795 g/mol. The van der Waals surface area contributed by atoms with Gasteiger partial charge in [0.25, 0.3) is 6.47 Å². The zero-order chi connectivity index (χ0) is 45.7. The number of fused-ring (bicyclic) bond motifs is 1. The summed E-state index contributed by atoms with van der Waals surface area (Å²) in [5.74, 6) is 3.05. The number of carbonyl (C=O) groups is 1. The molecule has 1 aliphatic heterocycles. The number of benzene rings is 3. The first-order chi connectivity index (χ1) is 30.7. The number of aromatic nitrogens is 3. The fourth-order valence-electron chi connectivity index (χ4n) is 8.28. The first-order valence-corrected chi connectivity index (χ1v) is 22.1. The number of ether oxygens (including phenoxy) is 4. The molecule has 0 atom stereocenters. The third-order valence-corrected chi connectivity index (χ3v) is 11.7. The van der Waals surface area contributed by atoms with Crippen molar-refractivity contribution >= 4 is 29.8 Å². The van der Waals surface area contributed by atoms with Crippen LogP contribution in [0.3, 0.4) is 0 Å². The molecule has 1 aliphatic carbocycles. The molecule has 63 heavy (non-hydrogen) atoms. The van der Waals surface area contributed by atoms with Gasteiger partial charge in [-0.25, -0.2) is 4.68 Å². The summed E-state index contributed by atoms with van der Waals surface area (Å²) < 4.78 is 24.6. The minimum absolute atomic E-state index is 0.250. The van der Waals surface area contributed by atoms with Crippen molar-refractivity contribution in [2.75, 3.05) is 41.5 Å². The monoisotopic (exact) mass is 862 g/mol. The molecule has 0 radical (unpaired) electrons. The van der Waals surface area contributed by atoms with Crippen LogP contribution in [0.5, 0.6) is 17.4 Å². The molecule has 2 N–H and O–H groups in total. The standard InChI is InChI=1S/C42H49N7O3.C5H10O.C2H6.CH2O2/c1-8-28-15-17-32(18-16-28)48(5)25-29-19-31(22-43)41(37(20-29)45-4)52-26-30-11-9-12-33(27(30)2)34-13-10-14-38-35(34)24-46-49(38)40-21-39(50-6)36(23-44-3)42(47-40)51-7;1-2-4-6-5-3-1;1-2;2-1-3/h9-14,19-21,24,28,32,44H,4,8,15-18,23,25-26H2,1-3,5-7H3;1-5H2;1-2H3;1H,(H,2,3). The van der Waals surface area contributed by atoms with Crippen LogP contribution in [0.2, 0.25) is 0 Å². The van der Waals surface area contributed by atoms with Crippen molar-refractivity contribution in [1.29, 1.82) is 5.26 Å². The van der Waals surface area contributed by atoms with Crippen LogP contribution in [0.4, 0.5) is 5.69 Å². The lowest BCUT2D eigenvalue weighted by Crippen LogP contribution is -2.34. The van der Waals surface area contributed by atoms with Crippen molar-refractivity contribution < 1.29 is 28.8 Å². The first-order valence-electron chi connectivity index (χ1n) is 22.1. The van der Waals surface area contributed by atoms with Gasteiger partial charge in [0.2, 0.25) is 5.88 Å². The highest BCUT2D eigenvalue weighted by Crippen LogP contribution is 2.38. The predicted molar refractivity (Wildman–Crippen MR) is 252 cm³/mol. The van der Waals surface area contributed by atoms with E-state index in [-0.39, 0.29) is 13.1 Å². The van der Waals surface area contributed by atoms with Crippen LogP contribution < -0.4 is 19.5 Å². The topological polar surface area (TPSA) is 156 Å². The second-order valence-corrected chi connectivity index (χ2v) is 15.4. The van der Waals surface area contributed by atoms with Crippen molar-refractivity contribution in [3.8, 4) is 40.4 Å². The lowest BCUT2D eigenvalue weighted by molar-refractivity contribution is -0.122. The molecule has 338 valence electrons. The molecule has 13 nitrogen and oxygen atoms in total. The molecule has 2 fully saturated rings. The molecule has 5 aromatic rings. The molecule has 0 bridgehead atoms. The normalized spacial score (nSPS) is 15.6. The molecule has 0 unspecified atom stereocenters. The van der Waals surface area contributed by atoms with Crippen LogP contribution in [0.1, 0.15) is 100.0 Å². The number of nitriles is 1. The minimum Gasteiger partial charge on any atom is -0.496 e. The number of carboxylic acid groups (broad SMARTS) is 1. The molecular formula is C50H67N7O6. The number of hydrogen-bond acceptors (Lipinski definition) is 11. The average Bonchev–Trinajstić information content (AvgIpc) is 3.78.